The molecule has 1 aliphatic heterocycles. The first-order valence-corrected chi connectivity index (χ1v) is 8.71. The Kier molecular flexibility index (Phi) is 5.97. The third kappa shape index (κ3) is 4.08. The van der Waals surface area contributed by atoms with Gasteiger partial charge in [-0.3, -0.25) is 9.59 Å². The highest BCUT2D eigenvalue weighted by molar-refractivity contribution is 7.12. The number of carbonyl (C=O) groups excluding carboxylic acids is 2. The summed E-state index contributed by atoms with van der Waals surface area (Å²) in [6.45, 7) is 5.44. The summed E-state index contributed by atoms with van der Waals surface area (Å²) in [7, 11) is 1.96. The van der Waals surface area contributed by atoms with Gasteiger partial charge in [0, 0.05) is 19.1 Å². The molecule has 0 aliphatic carbocycles. The summed E-state index contributed by atoms with van der Waals surface area (Å²) in [5.41, 5.74) is 0. The minimum atomic E-state index is -0.458. The zero-order valence-corrected chi connectivity index (χ0v) is 14.3. The fourth-order valence-electron chi connectivity index (χ4n) is 2.72. The summed E-state index contributed by atoms with van der Waals surface area (Å²) in [6.07, 6.45) is 1.93. The van der Waals surface area contributed by atoms with Crippen molar-refractivity contribution in [1.29, 1.82) is 0 Å². The SMILES string of the molecule is CNC1CCN(C(=O)C(NC(=O)c2cccs2)C(C)C)CC1. The van der Waals surface area contributed by atoms with Crippen LogP contribution in [-0.2, 0) is 4.79 Å². The van der Waals surface area contributed by atoms with Crippen LogP contribution in [0, 0.1) is 5.92 Å². The van der Waals surface area contributed by atoms with Crippen LogP contribution in [0.1, 0.15) is 36.4 Å². The van der Waals surface area contributed by atoms with Crippen LogP contribution in [-0.4, -0.2) is 48.9 Å². The minimum absolute atomic E-state index is 0.0365. The van der Waals surface area contributed by atoms with E-state index in [-0.39, 0.29) is 17.7 Å². The van der Waals surface area contributed by atoms with Crippen molar-refractivity contribution >= 4 is 23.2 Å². The van der Waals surface area contributed by atoms with Gasteiger partial charge in [-0.1, -0.05) is 19.9 Å². The topological polar surface area (TPSA) is 61.4 Å². The number of hydrogen-bond donors (Lipinski definition) is 2. The van der Waals surface area contributed by atoms with Gasteiger partial charge in [0.2, 0.25) is 5.91 Å². The van der Waals surface area contributed by atoms with E-state index < -0.39 is 6.04 Å². The van der Waals surface area contributed by atoms with E-state index in [4.69, 9.17) is 0 Å². The molecule has 2 rings (SSSR count). The Hall–Kier alpha value is -1.40. The molecule has 0 radical (unpaired) electrons. The normalized spacial score (nSPS) is 17.5. The van der Waals surface area contributed by atoms with Crippen molar-refractivity contribution in [2.24, 2.45) is 5.92 Å². The third-order valence-corrected chi connectivity index (χ3v) is 5.05. The largest absolute Gasteiger partial charge is 0.341 e. The van der Waals surface area contributed by atoms with Crippen molar-refractivity contribution in [2.45, 2.75) is 38.8 Å². The molecule has 1 saturated heterocycles. The lowest BCUT2D eigenvalue weighted by Gasteiger charge is -2.35. The average molecular weight is 323 g/mol. The lowest BCUT2D eigenvalue weighted by atomic mass is 9.99. The Morgan fingerprint density at radius 2 is 2.00 bits per heavy atom. The van der Waals surface area contributed by atoms with E-state index in [1.807, 2.05) is 37.2 Å². The summed E-state index contributed by atoms with van der Waals surface area (Å²) in [4.78, 5) is 27.5. The fourth-order valence-corrected chi connectivity index (χ4v) is 3.35. The molecule has 1 atom stereocenters. The predicted octanol–water partition coefficient (Wildman–Crippen LogP) is 1.71. The first kappa shape index (κ1) is 17.0. The van der Waals surface area contributed by atoms with Gasteiger partial charge in [0.15, 0.2) is 0 Å². The number of nitrogens with zero attached hydrogens (tertiary/aromatic N) is 1. The van der Waals surface area contributed by atoms with Crippen LogP contribution < -0.4 is 10.6 Å². The number of likely N-dealkylation sites (tertiary alicyclic amines) is 1. The number of piperidine rings is 1. The Balaban J connectivity index is 1.98. The zero-order valence-electron chi connectivity index (χ0n) is 13.5. The molecule has 0 bridgehead atoms. The molecule has 5 nitrogen and oxygen atoms in total. The number of amides is 2. The van der Waals surface area contributed by atoms with E-state index in [0.29, 0.717) is 10.9 Å². The minimum Gasteiger partial charge on any atom is -0.341 e. The zero-order chi connectivity index (χ0) is 16.1. The molecule has 2 amide bonds. The highest BCUT2D eigenvalue weighted by Crippen LogP contribution is 2.15. The molecular weight excluding hydrogens is 298 g/mol. The molecule has 122 valence electrons. The molecule has 0 spiro atoms. The molecular formula is C16H25N3O2S. The first-order chi connectivity index (χ1) is 10.5. The standard InChI is InChI=1S/C16H25N3O2S/c1-11(2)14(18-15(20)13-5-4-10-22-13)16(21)19-8-6-12(17-3)7-9-19/h4-5,10-12,14,17H,6-9H2,1-3H3,(H,18,20). The van der Waals surface area contributed by atoms with Crippen LogP contribution in [0.4, 0.5) is 0 Å². The lowest BCUT2D eigenvalue weighted by molar-refractivity contribution is -0.135. The maximum Gasteiger partial charge on any atom is 0.262 e. The summed E-state index contributed by atoms with van der Waals surface area (Å²) >= 11 is 1.39. The second-order valence-electron chi connectivity index (χ2n) is 6.06. The molecule has 2 heterocycles. The van der Waals surface area contributed by atoms with Gasteiger partial charge in [0.25, 0.3) is 5.91 Å². The highest BCUT2D eigenvalue weighted by atomic mass is 32.1. The monoisotopic (exact) mass is 323 g/mol. The van der Waals surface area contributed by atoms with E-state index >= 15 is 0 Å². The van der Waals surface area contributed by atoms with Crippen molar-refractivity contribution in [1.82, 2.24) is 15.5 Å². The number of carbonyl (C=O) groups is 2. The summed E-state index contributed by atoms with van der Waals surface area (Å²) in [5, 5.41) is 8.03. The van der Waals surface area contributed by atoms with Crippen LogP contribution in [0.5, 0.6) is 0 Å². The number of thiophene rings is 1. The Bertz CT molecular complexity index is 493. The van der Waals surface area contributed by atoms with Gasteiger partial charge in [-0.05, 0) is 37.3 Å². The molecule has 1 unspecified atom stereocenters. The van der Waals surface area contributed by atoms with E-state index in [0.717, 1.165) is 25.9 Å². The Morgan fingerprint density at radius 1 is 1.32 bits per heavy atom. The van der Waals surface area contributed by atoms with Gasteiger partial charge in [-0.15, -0.1) is 11.3 Å². The van der Waals surface area contributed by atoms with Gasteiger partial charge in [0.1, 0.15) is 6.04 Å². The second-order valence-corrected chi connectivity index (χ2v) is 7.01. The molecule has 1 aromatic heterocycles. The number of hydrogen-bond acceptors (Lipinski definition) is 4. The lowest BCUT2D eigenvalue weighted by Crippen LogP contribution is -2.54. The second kappa shape index (κ2) is 7.74. The number of nitrogens with one attached hydrogen (secondary N) is 2. The van der Waals surface area contributed by atoms with Crippen LogP contribution in [0.3, 0.4) is 0 Å². The van der Waals surface area contributed by atoms with Crippen LogP contribution >= 0.6 is 11.3 Å². The first-order valence-electron chi connectivity index (χ1n) is 7.83. The van der Waals surface area contributed by atoms with E-state index in [2.05, 4.69) is 10.6 Å². The molecule has 22 heavy (non-hydrogen) atoms. The van der Waals surface area contributed by atoms with Crippen molar-refractivity contribution in [3.63, 3.8) is 0 Å². The molecule has 1 aromatic rings. The summed E-state index contributed by atoms with van der Waals surface area (Å²) < 4.78 is 0. The van der Waals surface area contributed by atoms with E-state index in [1.54, 1.807) is 6.07 Å². The van der Waals surface area contributed by atoms with Crippen molar-refractivity contribution in [3.8, 4) is 0 Å². The van der Waals surface area contributed by atoms with Crippen LogP contribution in [0.25, 0.3) is 0 Å². The van der Waals surface area contributed by atoms with Crippen LogP contribution in [0.2, 0.25) is 0 Å². The molecule has 0 aromatic carbocycles. The molecule has 1 fully saturated rings. The fraction of sp³-hybridized carbons (Fsp3) is 0.625. The maximum atomic E-state index is 12.7. The quantitative estimate of drug-likeness (QED) is 0.867. The van der Waals surface area contributed by atoms with E-state index in [9.17, 15) is 9.59 Å². The highest BCUT2D eigenvalue weighted by Gasteiger charge is 2.31. The van der Waals surface area contributed by atoms with Gasteiger partial charge in [-0.25, -0.2) is 0 Å². The Morgan fingerprint density at radius 3 is 2.50 bits per heavy atom. The van der Waals surface area contributed by atoms with Crippen LogP contribution in [0.15, 0.2) is 17.5 Å². The summed E-state index contributed by atoms with van der Waals surface area (Å²) in [5.74, 6) is -0.0555. The van der Waals surface area contributed by atoms with Gasteiger partial charge in [-0.2, -0.15) is 0 Å². The predicted molar refractivity (Wildman–Crippen MR) is 89.1 cm³/mol. The maximum absolute atomic E-state index is 12.7. The molecule has 2 N–H and O–H groups in total. The van der Waals surface area contributed by atoms with Crippen molar-refractivity contribution < 1.29 is 9.59 Å². The Labute approximate surface area is 136 Å². The smallest absolute Gasteiger partial charge is 0.262 e. The molecule has 6 heteroatoms. The van der Waals surface area contributed by atoms with Crippen molar-refractivity contribution in [3.05, 3.63) is 22.4 Å². The van der Waals surface area contributed by atoms with Crippen molar-refractivity contribution in [2.75, 3.05) is 20.1 Å². The molecule has 1 aliphatic rings. The van der Waals surface area contributed by atoms with Gasteiger partial charge >= 0.3 is 0 Å². The third-order valence-electron chi connectivity index (χ3n) is 4.18. The number of rotatable bonds is 5. The molecule has 0 saturated carbocycles. The van der Waals surface area contributed by atoms with Gasteiger partial charge < -0.3 is 15.5 Å². The van der Waals surface area contributed by atoms with Gasteiger partial charge in [0.05, 0.1) is 4.88 Å². The summed E-state index contributed by atoms with van der Waals surface area (Å²) in [6, 6.07) is 3.65. The van der Waals surface area contributed by atoms with E-state index in [1.165, 1.54) is 11.3 Å². The average Bonchev–Trinajstić information content (AvgIpc) is 3.06.